The Morgan fingerprint density at radius 3 is 2.28 bits per heavy atom. The smallest absolute Gasteiger partial charge is 0.422 e. The molecule has 0 bridgehead atoms. The second-order valence-electron chi connectivity index (χ2n) is 6.19. The number of nitrogens with zero attached hydrogens (tertiary/aromatic N) is 3. The highest BCUT2D eigenvalue weighted by Crippen LogP contribution is 2.27. The molecule has 0 radical (unpaired) electrons. The van der Waals surface area contributed by atoms with E-state index in [-0.39, 0.29) is 0 Å². The van der Waals surface area contributed by atoms with E-state index >= 15 is 0 Å². The molecule has 0 atom stereocenters. The summed E-state index contributed by atoms with van der Waals surface area (Å²) in [6, 6.07) is 3.70. The van der Waals surface area contributed by atoms with Gasteiger partial charge in [0.15, 0.2) is 6.61 Å². The van der Waals surface area contributed by atoms with Crippen molar-refractivity contribution in [2.75, 3.05) is 13.7 Å². The molecule has 0 aliphatic carbocycles. The van der Waals surface area contributed by atoms with Crippen LogP contribution in [0.5, 0.6) is 5.75 Å². The summed E-state index contributed by atoms with van der Waals surface area (Å²) < 4.78 is 43.8. The molecule has 25 heavy (non-hydrogen) atoms. The minimum absolute atomic E-state index is 0.291. The second-order valence-corrected chi connectivity index (χ2v) is 6.58. The zero-order chi connectivity index (χ0) is 18.8. The molecule has 2 rings (SSSR count). The van der Waals surface area contributed by atoms with Crippen LogP contribution in [0.3, 0.4) is 0 Å². The Hall–Kier alpha value is -1.73. The van der Waals surface area contributed by atoms with Gasteiger partial charge in [0.05, 0.1) is 12.7 Å². The van der Waals surface area contributed by atoms with Gasteiger partial charge < -0.3 is 9.30 Å². The number of ether oxygens (including phenoxy) is 1. The molecule has 0 unspecified atom stereocenters. The van der Waals surface area contributed by atoms with Gasteiger partial charge in [-0.05, 0) is 37.6 Å². The summed E-state index contributed by atoms with van der Waals surface area (Å²) in [6.07, 6.45) is -2.74. The average Bonchev–Trinajstić information content (AvgIpc) is 2.77. The van der Waals surface area contributed by atoms with E-state index < -0.39 is 12.8 Å². The molecule has 0 amide bonds. The zero-order valence-corrected chi connectivity index (χ0v) is 15.4. The van der Waals surface area contributed by atoms with E-state index in [0.717, 1.165) is 11.4 Å². The van der Waals surface area contributed by atoms with E-state index in [0.29, 0.717) is 35.1 Å². The van der Waals surface area contributed by atoms with Gasteiger partial charge in [0.2, 0.25) is 0 Å². The lowest BCUT2D eigenvalue weighted by molar-refractivity contribution is -0.153. The predicted molar refractivity (Wildman–Crippen MR) is 90.9 cm³/mol. The van der Waals surface area contributed by atoms with Gasteiger partial charge in [0.25, 0.3) is 0 Å². The van der Waals surface area contributed by atoms with Crippen LogP contribution in [-0.2, 0) is 20.1 Å². The highest BCUT2D eigenvalue weighted by Gasteiger charge is 2.29. The van der Waals surface area contributed by atoms with Gasteiger partial charge >= 0.3 is 6.18 Å². The standard InChI is InChI=1S/C17H21ClF3N3O/c1-11-5-13(6-12(2)16(11)25-10-17(19,20)21)8-23(3)9-15-22-7-14(18)24(15)4/h5-7H,8-10H2,1-4H3. The molecule has 0 saturated heterocycles. The van der Waals surface area contributed by atoms with Gasteiger partial charge in [-0.3, -0.25) is 4.90 Å². The van der Waals surface area contributed by atoms with E-state index in [2.05, 4.69) is 9.88 Å². The quantitative estimate of drug-likeness (QED) is 0.755. The summed E-state index contributed by atoms with van der Waals surface area (Å²) in [5, 5.41) is 0.571. The molecule has 138 valence electrons. The molecule has 2 aromatic rings. The van der Waals surface area contributed by atoms with Gasteiger partial charge in [-0.25, -0.2) is 4.98 Å². The number of halogens is 4. The molecule has 0 N–H and O–H groups in total. The van der Waals surface area contributed by atoms with Crippen LogP contribution in [0.1, 0.15) is 22.5 Å². The lowest BCUT2D eigenvalue weighted by Gasteiger charge is -2.19. The van der Waals surface area contributed by atoms with Gasteiger partial charge in [-0.1, -0.05) is 23.7 Å². The molecule has 1 aromatic carbocycles. The molecule has 0 aliphatic rings. The SMILES string of the molecule is Cc1cc(CN(C)Cc2ncc(Cl)n2C)cc(C)c1OCC(F)(F)F. The van der Waals surface area contributed by atoms with E-state index in [1.54, 1.807) is 20.0 Å². The van der Waals surface area contributed by atoms with Crippen molar-refractivity contribution in [3.05, 3.63) is 46.0 Å². The normalized spacial score (nSPS) is 12.0. The van der Waals surface area contributed by atoms with Crippen LogP contribution in [-0.4, -0.2) is 34.3 Å². The number of alkyl halides is 3. The Morgan fingerprint density at radius 2 is 1.80 bits per heavy atom. The highest BCUT2D eigenvalue weighted by molar-refractivity contribution is 6.29. The van der Waals surface area contributed by atoms with Crippen LogP contribution < -0.4 is 4.74 Å². The number of hydrogen-bond donors (Lipinski definition) is 0. The fraction of sp³-hybridized carbons (Fsp3) is 0.471. The van der Waals surface area contributed by atoms with Gasteiger partial charge in [0, 0.05) is 13.6 Å². The first kappa shape index (κ1) is 19.6. The molecule has 0 fully saturated rings. The average molecular weight is 376 g/mol. The Balaban J connectivity index is 2.06. The molecule has 0 spiro atoms. The van der Waals surface area contributed by atoms with Crippen LogP contribution in [0.15, 0.2) is 18.3 Å². The lowest BCUT2D eigenvalue weighted by Crippen LogP contribution is -2.21. The van der Waals surface area contributed by atoms with Crippen molar-refractivity contribution in [1.82, 2.24) is 14.5 Å². The van der Waals surface area contributed by atoms with Crippen LogP contribution in [0, 0.1) is 13.8 Å². The molecule has 0 saturated carbocycles. The van der Waals surface area contributed by atoms with Gasteiger partial charge in [-0.2, -0.15) is 13.2 Å². The van der Waals surface area contributed by atoms with E-state index in [4.69, 9.17) is 16.3 Å². The van der Waals surface area contributed by atoms with Crippen molar-refractivity contribution in [1.29, 1.82) is 0 Å². The van der Waals surface area contributed by atoms with Crippen molar-refractivity contribution >= 4 is 11.6 Å². The highest BCUT2D eigenvalue weighted by atomic mass is 35.5. The Bertz CT molecular complexity index is 720. The van der Waals surface area contributed by atoms with Crippen molar-refractivity contribution in [3.63, 3.8) is 0 Å². The monoisotopic (exact) mass is 375 g/mol. The van der Waals surface area contributed by atoms with Crippen molar-refractivity contribution < 1.29 is 17.9 Å². The third kappa shape index (κ3) is 5.37. The number of aryl methyl sites for hydroxylation is 2. The first-order valence-corrected chi connectivity index (χ1v) is 8.09. The predicted octanol–water partition coefficient (Wildman–Crippen LogP) is 4.26. The number of rotatable bonds is 6. The molecule has 8 heteroatoms. The molecule has 4 nitrogen and oxygen atoms in total. The van der Waals surface area contributed by atoms with Crippen LogP contribution in [0.4, 0.5) is 13.2 Å². The molecule has 0 aliphatic heterocycles. The maximum Gasteiger partial charge on any atom is 0.422 e. The third-order valence-electron chi connectivity index (χ3n) is 3.79. The summed E-state index contributed by atoms with van der Waals surface area (Å²) in [5.41, 5.74) is 2.37. The summed E-state index contributed by atoms with van der Waals surface area (Å²) in [5.74, 6) is 1.13. The van der Waals surface area contributed by atoms with Crippen LogP contribution >= 0.6 is 11.6 Å². The number of imidazole rings is 1. The summed E-state index contributed by atoms with van der Waals surface area (Å²) in [4.78, 5) is 6.31. The first-order valence-electron chi connectivity index (χ1n) is 7.71. The largest absolute Gasteiger partial charge is 0.484 e. The van der Waals surface area contributed by atoms with Gasteiger partial charge in [0.1, 0.15) is 16.7 Å². The zero-order valence-electron chi connectivity index (χ0n) is 14.6. The van der Waals surface area contributed by atoms with E-state index in [1.807, 2.05) is 30.8 Å². The molecular formula is C17H21ClF3N3O. The van der Waals surface area contributed by atoms with Crippen molar-refractivity contribution in [2.24, 2.45) is 7.05 Å². The lowest BCUT2D eigenvalue weighted by atomic mass is 10.1. The number of benzene rings is 1. The fourth-order valence-electron chi connectivity index (χ4n) is 2.69. The van der Waals surface area contributed by atoms with E-state index in [1.165, 1.54) is 0 Å². The Morgan fingerprint density at radius 1 is 1.20 bits per heavy atom. The summed E-state index contributed by atoms with van der Waals surface area (Å²) >= 11 is 5.98. The first-order chi connectivity index (χ1) is 11.6. The minimum atomic E-state index is -4.35. The number of hydrogen-bond acceptors (Lipinski definition) is 3. The molecular weight excluding hydrogens is 355 g/mol. The number of aromatic nitrogens is 2. The maximum atomic E-state index is 12.3. The topological polar surface area (TPSA) is 30.3 Å². The summed E-state index contributed by atoms with van der Waals surface area (Å²) in [6.45, 7) is 3.45. The Kier molecular flexibility index (Phi) is 6.00. The van der Waals surface area contributed by atoms with Gasteiger partial charge in [-0.15, -0.1) is 0 Å². The van der Waals surface area contributed by atoms with Crippen molar-refractivity contribution in [3.8, 4) is 5.75 Å². The van der Waals surface area contributed by atoms with Crippen LogP contribution in [0.25, 0.3) is 0 Å². The van der Waals surface area contributed by atoms with Crippen LogP contribution in [0.2, 0.25) is 5.15 Å². The summed E-state index contributed by atoms with van der Waals surface area (Å²) in [7, 11) is 3.79. The third-order valence-corrected chi connectivity index (χ3v) is 4.14. The Labute approximate surface area is 150 Å². The molecule has 1 heterocycles. The van der Waals surface area contributed by atoms with Crippen molar-refractivity contribution in [2.45, 2.75) is 33.1 Å². The fourth-order valence-corrected chi connectivity index (χ4v) is 2.84. The molecule has 1 aromatic heterocycles. The maximum absolute atomic E-state index is 12.3. The second kappa shape index (κ2) is 7.66. The minimum Gasteiger partial charge on any atom is -0.484 e. The van der Waals surface area contributed by atoms with E-state index in [9.17, 15) is 13.2 Å².